The molecule has 0 spiro atoms. The van der Waals surface area contributed by atoms with E-state index in [1.54, 1.807) is 12.1 Å². The molecule has 1 aliphatic rings. The normalized spacial score (nSPS) is 14.6. The Labute approximate surface area is 242 Å². The number of nitrogens with one attached hydrogen (secondary N) is 1. The van der Waals surface area contributed by atoms with Crippen molar-refractivity contribution in [1.82, 2.24) is 30.0 Å². The standard InChI is InChI=1S/C17H15N3O2.C12H20N4O2S/c1-11-8-12(14-4-2-3-5-15(14)20-11)10-22-13-6-7-16(17(18)21)19-9-13;1-15(2)6-3-4-10(17)16-7-5-9(8-16)11-13-14-12(18)19-11/h2-9H,10H2,1H3,(H2,18,21);9H,3-8H2,1-2H3,(H,14,18)/t;9-/m.1/s1. The fourth-order valence-corrected chi connectivity index (χ4v) is 5.33. The Kier molecular flexibility index (Phi) is 10.1. The maximum Gasteiger partial charge on any atom is 0.322 e. The number of aromatic amines is 1. The molecule has 1 aliphatic heterocycles. The van der Waals surface area contributed by atoms with Crippen LogP contribution in [0.1, 0.15) is 51.9 Å². The number of rotatable bonds is 9. The van der Waals surface area contributed by atoms with Crippen LogP contribution in [0.5, 0.6) is 5.75 Å². The van der Waals surface area contributed by atoms with Crippen LogP contribution in [0.2, 0.25) is 0 Å². The van der Waals surface area contributed by atoms with Crippen molar-refractivity contribution in [3.63, 3.8) is 0 Å². The lowest BCUT2D eigenvalue weighted by Crippen LogP contribution is -2.29. The first-order chi connectivity index (χ1) is 19.7. The Morgan fingerprint density at radius 1 is 1.22 bits per heavy atom. The van der Waals surface area contributed by atoms with Gasteiger partial charge in [-0.1, -0.05) is 29.5 Å². The lowest BCUT2D eigenvalue weighted by atomic mass is 10.1. The van der Waals surface area contributed by atoms with Crippen molar-refractivity contribution in [3.8, 4) is 5.75 Å². The SMILES string of the molecule is CN(C)CCCC(=O)N1CC[C@@H](c2n[nH]c(=O)s2)C1.Cc1cc(COc2ccc(C(N)=O)nc2)c2ccccc2n1. The molecular formula is C29H35N7O4S. The summed E-state index contributed by atoms with van der Waals surface area (Å²) in [7, 11) is 4.02. The molecule has 1 atom stereocenters. The van der Waals surface area contributed by atoms with Gasteiger partial charge >= 0.3 is 4.87 Å². The third kappa shape index (κ3) is 8.41. The van der Waals surface area contributed by atoms with Crippen molar-refractivity contribution in [2.24, 2.45) is 5.73 Å². The van der Waals surface area contributed by atoms with Crippen molar-refractivity contribution < 1.29 is 14.3 Å². The number of benzene rings is 1. The predicted molar refractivity (Wildman–Crippen MR) is 158 cm³/mol. The topological polar surface area (TPSA) is 147 Å². The molecule has 12 heteroatoms. The third-order valence-electron chi connectivity index (χ3n) is 6.65. The van der Waals surface area contributed by atoms with E-state index in [9.17, 15) is 14.4 Å². The number of aromatic nitrogens is 4. The van der Waals surface area contributed by atoms with Crippen molar-refractivity contribution >= 4 is 34.1 Å². The molecule has 1 aromatic carbocycles. The van der Waals surface area contributed by atoms with Gasteiger partial charge in [0.15, 0.2) is 0 Å². The Morgan fingerprint density at radius 3 is 2.71 bits per heavy atom. The first kappa shape index (κ1) is 29.8. The van der Waals surface area contributed by atoms with Gasteiger partial charge in [0.2, 0.25) is 5.91 Å². The molecule has 1 fully saturated rings. The molecule has 0 aliphatic carbocycles. The summed E-state index contributed by atoms with van der Waals surface area (Å²) in [6.45, 7) is 4.77. The number of hydrogen-bond acceptors (Lipinski definition) is 9. The number of hydrogen-bond donors (Lipinski definition) is 2. The molecule has 4 heterocycles. The number of nitrogens with two attached hydrogens (primary N) is 1. The number of fused-ring (bicyclic) bond motifs is 1. The van der Waals surface area contributed by atoms with Gasteiger partial charge in [-0.05, 0) is 64.7 Å². The molecule has 11 nitrogen and oxygen atoms in total. The number of pyridine rings is 2. The van der Waals surface area contributed by atoms with E-state index in [-0.39, 0.29) is 22.4 Å². The Bertz CT molecular complexity index is 1530. The van der Waals surface area contributed by atoms with E-state index in [0.29, 0.717) is 25.3 Å². The lowest BCUT2D eigenvalue weighted by molar-refractivity contribution is -0.130. The Hall–Kier alpha value is -4.16. The van der Waals surface area contributed by atoms with Gasteiger partial charge in [0, 0.05) is 42.1 Å². The fourth-order valence-electron chi connectivity index (χ4n) is 4.60. The highest BCUT2D eigenvalue weighted by Crippen LogP contribution is 2.27. The number of para-hydroxylation sites is 1. The number of primary amides is 1. The molecule has 1 saturated heterocycles. The fraction of sp³-hybridized carbons (Fsp3) is 0.379. The van der Waals surface area contributed by atoms with Gasteiger partial charge in [0.05, 0.1) is 11.7 Å². The van der Waals surface area contributed by atoms with Crippen LogP contribution in [-0.2, 0) is 11.4 Å². The van der Waals surface area contributed by atoms with E-state index < -0.39 is 5.91 Å². The molecule has 0 unspecified atom stereocenters. The number of amides is 2. The number of carbonyl (C=O) groups is 2. The second-order valence-corrected chi connectivity index (χ2v) is 11.1. The number of likely N-dealkylation sites (tertiary alicyclic amines) is 1. The number of nitrogens with zero attached hydrogens (tertiary/aromatic N) is 5. The zero-order valence-electron chi connectivity index (χ0n) is 23.5. The van der Waals surface area contributed by atoms with Crippen LogP contribution in [-0.4, -0.2) is 75.5 Å². The number of carbonyl (C=O) groups excluding carboxylic acids is 2. The first-order valence-electron chi connectivity index (χ1n) is 13.4. The van der Waals surface area contributed by atoms with Crippen LogP contribution < -0.4 is 15.3 Å². The van der Waals surface area contributed by atoms with Crippen LogP contribution in [0.3, 0.4) is 0 Å². The van der Waals surface area contributed by atoms with E-state index in [2.05, 4.69) is 25.1 Å². The summed E-state index contributed by atoms with van der Waals surface area (Å²) in [4.78, 5) is 46.4. The zero-order valence-corrected chi connectivity index (χ0v) is 24.3. The minimum absolute atomic E-state index is 0.120. The van der Waals surface area contributed by atoms with Crippen molar-refractivity contribution in [3.05, 3.63) is 80.3 Å². The summed E-state index contributed by atoms with van der Waals surface area (Å²) in [5.41, 5.74) is 8.33. The quantitative estimate of drug-likeness (QED) is 0.308. The van der Waals surface area contributed by atoms with Gasteiger partial charge in [-0.2, -0.15) is 5.10 Å². The lowest BCUT2D eigenvalue weighted by Gasteiger charge is -2.16. The highest BCUT2D eigenvalue weighted by atomic mass is 32.1. The Balaban J connectivity index is 0.000000191. The van der Waals surface area contributed by atoms with Crippen LogP contribution in [0.15, 0.2) is 53.5 Å². The molecule has 216 valence electrons. The predicted octanol–water partition coefficient (Wildman–Crippen LogP) is 3.11. The van der Waals surface area contributed by atoms with E-state index >= 15 is 0 Å². The van der Waals surface area contributed by atoms with E-state index in [4.69, 9.17) is 10.5 Å². The summed E-state index contributed by atoms with van der Waals surface area (Å²) in [5.74, 6) is 0.472. The first-order valence-corrected chi connectivity index (χ1v) is 14.2. The minimum Gasteiger partial charge on any atom is -0.487 e. The van der Waals surface area contributed by atoms with Crippen LogP contribution >= 0.6 is 11.3 Å². The highest BCUT2D eigenvalue weighted by Gasteiger charge is 2.29. The Morgan fingerprint density at radius 2 is 2.02 bits per heavy atom. The third-order valence-corrected chi connectivity index (χ3v) is 7.56. The summed E-state index contributed by atoms with van der Waals surface area (Å²) in [6.07, 6.45) is 3.89. The monoisotopic (exact) mass is 577 g/mol. The average molecular weight is 578 g/mol. The smallest absolute Gasteiger partial charge is 0.322 e. The van der Waals surface area contributed by atoms with Gasteiger partial charge in [-0.15, -0.1) is 0 Å². The van der Waals surface area contributed by atoms with Crippen molar-refractivity contribution in [2.45, 2.75) is 38.7 Å². The average Bonchev–Trinajstić information content (AvgIpc) is 3.61. The zero-order chi connectivity index (χ0) is 29.4. The molecule has 41 heavy (non-hydrogen) atoms. The molecule has 3 aromatic heterocycles. The second-order valence-electron chi connectivity index (χ2n) is 10.2. The molecule has 2 amide bonds. The summed E-state index contributed by atoms with van der Waals surface area (Å²) in [6, 6.07) is 13.2. The maximum atomic E-state index is 12.0. The van der Waals surface area contributed by atoms with Gasteiger partial charge < -0.3 is 20.3 Å². The molecule has 4 aromatic rings. The van der Waals surface area contributed by atoms with Crippen LogP contribution in [0, 0.1) is 6.92 Å². The van der Waals surface area contributed by atoms with E-state index in [1.165, 1.54) is 6.20 Å². The van der Waals surface area contributed by atoms with Crippen LogP contribution in [0.4, 0.5) is 0 Å². The van der Waals surface area contributed by atoms with Crippen LogP contribution in [0.25, 0.3) is 10.9 Å². The maximum absolute atomic E-state index is 12.0. The number of aryl methyl sites for hydroxylation is 1. The molecule has 0 bridgehead atoms. The van der Waals surface area contributed by atoms with E-state index in [0.717, 1.165) is 64.4 Å². The molecule has 5 rings (SSSR count). The van der Waals surface area contributed by atoms with Crippen molar-refractivity contribution in [1.29, 1.82) is 0 Å². The molecule has 0 saturated carbocycles. The minimum atomic E-state index is -0.553. The highest BCUT2D eigenvalue weighted by molar-refractivity contribution is 7.08. The van der Waals surface area contributed by atoms with Gasteiger partial charge in [0.1, 0.15) is 23.1 Å². The van der Waals surface area contributed by atoms with Crippen molar-refractivity contribution in [2.75, 3.05) is 33.7 Å². The van der Waals surface area contributed by atoms with Gasteiger partial charge in [-0.25, -0.2) is 10.1 Å². The summed E-state index contributed by atoms with van der Waals surface area (Å²) < 4.78 is 5.75. The van der Waals surface area contributed by atoms with E-state index in [1.807, 2.05) is 56.3 Å². The second kappa shape index (κ2) is 14.0. The molecule has 0 radical (unpaired) electrons. The number of ether oxygens (including phenoxy) is 1. The summed E-state index contributed by atoms with van der Waals surface area (Å²) >= 11 is 1.15. The van der Waals surface area contributed by atoms with Gasteiger partial charge in [-0.3, -0.25) is 19.4 Å². The molecule has 3 N–H and O–H groups in total. The molecular weight excluding hydrogens is 542 g/mol. The van der Waals surface area contributed by atoms with Gasteiger partial charge in [0.25, 0.3) is 5.91 Å². The largest absolute Gasteiger partial charge is 0.487 e. The number of H-pyrrole nitrogens is 1. The summed E-state index contributed by atoms with van der Waals surface area (Å²) in [5, 5.41) is 8.35.